The third-order valence-electron chi connectivity index (χ3n) is 8.24. The fourth-order valence-corrected chi connectivity index (χ4v) is 6.90. The SMILES string of the molecule is CC(C)(C)O[C@@H](CNC(=O)[C@H](NC(=O)COc1ccc(C2C(SCC(=O)c3ccc(F)cc3)C(=O)N2c2ccc(F)cc2)cc1)c1ccccc1)C(=O)O. The lowest BCUT2D eigenvalue weighted by atomic mass is 9.92. The number of amides is 3. The smallest absolute Gasteiger partial charge is 0.334 e. The lowest BCUT2D eigenvalue weighted by Gasteiger charge is -2.47. The van der Waals surface area contributed by atoms with Crippen LogP contribution in [-0.4, -0.2) is 70.4 Å². The summed E-state index contributed by atoms with van der Waals surface area (Å²) in [6.45, 7) is 4.29. The first-order valence-electron chi connectivity index (χ1n) is 16.9. The summed E-state index contributed by atoms with van der Waals surface area (Å²) < 4.78 is 38.3. The van der Waals surface area contributed by atoms with E-state index >= 15 is 0 Å². The van der Waals surface area contributed by atoms with Crippen LogP contribution < -0.4 is 20.3 Å². The number of carboxylic acids is 1. The summed E-state index contributed by atoms with van der Waals surface area (Å²) in [6, 6.07) is 24.1. The third-order valence-corrected chi connectivity index (χ3v) is 9.48. The van der Waals surface area contributed by atoms with Crippen molar-refractivity contribution in [3.05, 3.63) is 131 Å². The molecule has 1 aliphatic heterocycles. The number of thioether (sulfide) groups is 1. The third kappa shape index (κ3) is 10.3. The number of ketones is 1. The Morgan fingerprint density at radius 3 is 2.07 bits per heavy atom. The number of rotatable bonds is 16. The number of halogens is 2. The predicted octanol–water partition coefficient (Wildman–Crippen LogP) is 5.66. The number of hydrogen-bond donors (Lipinski definition) is 3. The number of carbonyl (C=O) groups excluding carboxylic acids is 4. The van der Waals surface area contributed by atoms with E-state index in [0.29, 0.717) is 28.1 Å². The molecule has 5 rings (SSSR count). The second-order valence-corrected chi connectivity index (χ2v) is 14.5. The molecule has 14 heteroatoms. The first-order chi connectivity index (χ1) is 25.7. The zero-order valence-corrected chi connectivity index (χ0v) is 30.5. The zero-order chi connectivity index (χ0) is 39.0. The Bertz CT molecular complexity index is 1960. The molecule has 3 N–H and O–H groups in total. The Morgan fingerprint density at radius 2 is 1.48 bits per heavy atom. The molecule has 0 spiro atoms. The van der Waals surface area contributed by atoms with E-state index in [1.165, 1.54) is 53.4 Å². The molecule has 54 heavy (non-hydrogen) atoms. The molecule has 11 nitrogen and oxygen atoms in total. The molecule has 1 saturated heterocycles. The van der Waals surface area contributed by atoms with E-state index in [2.05, 4.69) is 10.6 Å². The highest BCUT2D eigenvalue weighted by atomic mass is 32.2. The van der Waals surface area contributed by atoms with Gasteiger partial charge in [-0.1, -0.05) is 42.5 Å². The van der Waals surface area contributed by atoms with E-state index in [0.717, 1.165) is 11.8 Å². The Labute approximate surface area is 315 Å². The molecule has 0 aromatic heterocycles. The van der Waals surface area contributed by atoms with E-state index in [-0.39, 0.29) is 24.0 Å². The van der Waals surface area contributed by atoms with Crippen LogP contribution in [0.25, 0.3) is 0 Å². The van der Waals surface area contributed by atoms with E-state index in [1.54, 1.807) is 75.4 Å². The van der Waals surface area contributed by atoms with Gasteiger partial charge in [-0.3, -0.25) is 19.2 Å². The van der Waals surface area contributed by atoms with Crippen LogP contribution in [0.4, 0.5) is 14.5 Å². The number of anilines is 1. The average Bonchev–Trinajstić information content (AvgIpc) is 3.14. The van der Waals surface area contributed by atoms with Gasteiger partial charge < -0.3 is 30.1 Å². The highest BCUT2D eigenvalue weighted by Gasteiger charge is 2.49. The van der Waals surface area contributed by atoms with Gasteiger partial charge in [-0.25, -0.2) is 13.6 Å². The number of benzene rings is 4. The second-order valence-electron chi connectivity index (χ2n) is 13.4. The summed E-state index contributed by atoms with van der Waals surface area (Å²) in [5.41, 5.74) is 1.17. The molecule has 4 aromatic rings. The Hall–Kier alpha value is -5.60. The molecule has 0 radical (unpaired) electrons. The average molecular weight is 760 g/mol. The van der Waals surface area contributed by atoms with Crippen LogP contribution in [0.15, 0.2) is 103 Å². The van der Waals surface area contributed by atoms with E-state index in [1.807, 2.05) is 0 Å². The van der Waals surface area contributed by atoms with Crippen molar-refractivity contribution < 1.29 is 47.3 Å². The van der Waals surface area contributed by atoms with E-state index in [9.17, 15) is 37.9 Å². The molecule has 3 amide bonds. The molecule has 1 heterocycles. The summed E-state index contributed by atoms with van der Waals surface area (Å²) in [7, 11) is 0. The molecule has 0 bridgehead atoms. The Morgan fingerprint density at radius 1 is 0.870 bits per heavy atom. The van der Waals surface area contributed by atoms with Crippen molar-refractivity contribution in [1.29, 1.82) is 0 Å². The summed E-state index contributed by atoms with van der Waals surface area (Å²) in [4.78, 5) is 65.8. The summed E-state index contributed by atoms with van der Waals surface area (Å²) >= 11 is 1.15. The van der Waals surface area contributed by atoms with E-state index < -0.39 is 65.1 Å². The van der Waals surface area contributed by atoms with Crippen LogP contribution in [0.1, 0.15) is 54.3 Å². The lowest BCUT2D eigenvalue weighted by Crippen LogP contribution is -2.57. The van der Waals surface area contributed by atoms with Crippen LogP contribution in [-0.2, 0) is 23.9 Å². The summed E-state index contributed by atoms with van der Waals surface area (Å²) in [5, 5.41) is 14.1. The number of ether oxygens (including phenoxy) is 2. The first kappa shape index (κ1) is 39.6. The molecule has 4 aromatic carbocycles. The molecule has 0 saturated carbocycles. The van der Waals surface area contributed by atoms with Crippen LogP contribution in [0.5, 0.6) is 5.75 Å². The number of nitrogens with one attached hydrogen (secondary N) is 2. The van der Waals surface area contributed by atoms with Gasteiger partial charge in [0.2, 0.25) is 11.8 Å². The van der Waals surface area contributed by atoms with Gasteiger partial charge in [0.05, 0.1) is 23.9 Å². The van der Waals surface area contributed by atoms with E-state index in [4.69, 9.17) is 9.47 Å². The zero-order valence-electron chi connectivity index (χ0n) is 29.7. The number of carbonyl (C=O) groups is 5. The maximum absolute atomic E-state index is 13.7. The second kappa shape index (κ2) is 17.5. The van der Waals surface area contributed by atoms with Crippen molar-refractivity contribution >= 4 is 46.9 Å². The van der Waals surface area contributed by atoms with Gasteiger partial charge in [0.1, 0.15) is 28.7 Å². The topological polar surface area (TPSA) is 151 Å². The van der Waals surface area contributed by atoms with Crippen molar-refractivity contribution in [1.82, 2.24) is 10.6 Å². The van der Waals surface area contributed by atoms with Crippen molar-refractivity contribution in [3.63, 3.8) is 0 Å². The molecule has 282 valence electrons. The van der Waals surface area contributed by atoms with Crippen LogP contribution >= 0.6 is 11.8 Å². The molecule has 1 fully saturated rings. The van der Waals surface area contributed by atoms with Crippen LogP contribution in [0, 0.1) is 11.6 Å². The number of hydrogen-bond acceptors (Lipinski definition) is 8. The number of nitrogens with zero attached hydrogens (tertiary/aromatic N) is 1. The normalized spacial score (nSPS) is 16.5. The largest absolute Gasteiger partial charge is 0.484 e. The van der Waals surface area contributed by atoms with Gasteiger partial charge in [-0.05, 0) is 92.6 Å². The highest BCUT2D eigenvalue weighted by molar-refractivity contribution is 8.01. The highest BCUT2D eigenvalue weighted by Crippen LogP contribution is 2.45. The summed E-state index contributed by atoms with van der Waals surface area (Å²) in [6.07, 6.45) is -1.31. The minimum Gasteiger partial charge on any atom is -0.484 e. The molecule has 2 unspecified atom stereocenters. The standard InChI is InChI=1S/C40H39F2N3O8S/c1-40(2,3)53-32(39(50)51)21-43-37(48)34(25-7-5-4-6-8-25)44-33(47)22-52-30-19-11-26(12-20-30)35-36(38(49)45(35)29-17-15-28(42)16-18-29)54-23-31(46)24-9-13-27(41)14-10-24/h4-20,32,34-36H,21-23H2,1-3H3,(H,43,48)(H,44,47)(H,50,51)/t32-,34+,35?,36?/m0/s1. The van der Waals surface area contributed by atoms with Crippen LogP contribution in [0.2, 0.25) is 0 Å². The first-order valence-corrected chi connectivity index (χ1v) is 18.0. The lowest BCUT2D eigenvalue weighted by molar-refractivity contribution is -0.159. The van der Waals surface area contributed by atoms with Gasteiger partial charge in [-0.15, -0.1) is 11.8 Å². The van der Waals surface area contributed by atoms with Gasteiger partial charge in [0, 0.05) is 11.3 Å². The van der Waals surface area contributed by atoms with Crippen molar-refractivity contribution in [3.8, 4) is 5.75 Å². The monoisotopic (exact) mass is 759 g/mol. The summed E-state index contributed by atoms with van der Waals surface area (Å²) in [5.74, 6) is -3.69. The van der Waals surface area contributed by atoms with Crippen molar-refractivity contribution in [2.45, 2.75) is 49.8 Å². The van der Waals surface area contributed by atoms with Crippen LogP contribution in [0.3, 0.4) is 0 Å². The predicted molar refractivity (Wildman–Crippen MR) is 198 cm³/mol. The number of β-lactam (4-membered cyclic amide) rings is 1. The maximum atomic E-state index is 13.7. The number of Topliss-reactive ketones (excluding diaryl/α,β-unsaturated/α-hetero) is 1. The fraction of sp³-hybridized carbons (Fsp3) is 0.275. The maximum Gasteiger partial charge on any atom is 0.334 e. The van der Waals surface area contributed by atoms with Gasteiger partial charge >= 0.3 is 5.97 Å². The molecule has 1 aliphatic rings. The Kier molecular flexibility index (Phi) is 12.8. The minimum atomic E-state index is -1.31. The van der Waals surface area contributed by atoms with Gasteiger partial charge in [0.25, 0.3) is 5.91 Å². The molecular weight excluding hydrogens is 721 g/mol. The molecule has 0 aliphatic carbocycles. The molecule has 4 atom stereocenters. The number of carboxylic acid groups (broad SMARTS) is 1. The quantitative estimate of drug-likeness (QED) is 0.0972. The minimum absolute atomic E-state index is 0.0288. The van der Waals surface area contributed by atoms with Gasteiger partial charge in [-0.2, -0.15) is 0 Å². The number of aliphatic carboxylic acids is 1. The van der Waals surface area contributed by atoms with Crippen molar-refractivity contribution in [2.75, 3.05) is 23.8 Å². The van der Waals surface area contributed by atoms with Gasteiger partial charge in [0.15, 0.2) is 18.5 Å². The Balaban J connectivity index is 1.24. The molecular formula is C40H39F2N3O8S. The van der Waals surface area contributed by atoms with Crippen molar-refractivity contribution in [2.24, 2.45) is 0 Å². The fourth-order valence-electron chi connectivity index (χ4n) is 5.68.